The van der Waals surface area contributed by atoms with E-state index in [2.05, 4.69) is 11.2 Å². The average Bonchev–Trinajstić information content (AvgIpc) is 2.65. The standard InChI is InChI=1S/C13H11Cl2N3/c1-3-9-12(7-16)18(2)17-13(9)10-5-4-8(14)6-11(10)15/h4-6H,3H2,1-2H3. The fourth-order valence-electron chi connectivity index (χ4n) is 1.94. The number of nitrogens with zero attached hydrogens (tertiary/aromatic N) is 3. The van der Waals surface area contributed by atoms with E-state index in [0.717, 1.165) is 23.2 Å². The van der Waals surface area contributed by atoms with Crippen LogP contribution in [0.1, 0.15) is 18.2 Å². The maximum absolute atomic E-state index is 9.14. The fraction of sp³-hybridized carbons (Fsp3) is 0.231. The van der Waals surface area contributed by atoms with Gasteiger partial charge < -0.3 is 0 Å². The molecule has 0 saturated heterocycles. The quantitative estimate of drug-likeness (QED) is 0.839. The van der Waals surface area contributed by atoms with Gasteiger partial charge in [-0.2, -0.15) is 10.4 Å². The van der Waals surface area contributed by atoms with Gasteiger partial charge in [-0.05, 0) is 24.6 Å². The zero-order valence-corrected chi connectivity index (χ0v) is 11.5. The van der Waals surface area contributed by atoms with Gasteiger partial charge in [-0.3, -0.25) is 4.68 Å². The van der Waals surface area contributed by atoms with Crippen molar-refractivity contribution in [1.82, 2.24) is 9.78 Å². The Balaban J connectivity index is 2.68. The first-order chi connectivity index (χ1) is 8.58. The molecule has 1 aromatic heterocycles. The Kier molecular flexibility index (Phi) is 3.60. The molecule has 0 radical (unpaired) electrons. The minimum Gasteiger partial charge on any atom is -0.257 e. The van der Waals surface area contributed by atoms with E-state index in [9.17, 15) is 0 Å². The minimum absolute atomic E-state index is 0.541. The second-order valence-electron chi connectivity index (χ2n) is 3.89. The predicted octanol–water partition coefficient (Wildman–Crippen LogP) is 3.83. The summed E-state index contributed by atoms with van der Waals surface area (Å²) in [5.74, 6) is 0. The molecule has 5 heteroatoms. The largest absolute Gasteiger partial charge is 0.257 e. The second-order valence-corrected chi connectivity index (χ2v) is 4.73. The lowest BCUT2D eigenvalue weighted by Crippen LogP contribution is -1.94. The Morgan fingerprint density at radius 1 is 1.39 bits per heavy atom. The molecule has 92 valence electrons. The van der Waals surface area contributed by atoms with Crippen LogP contribution < -0.4 is 0 Å². The molecule has 0 spiro atoms. The fourth-order valence-corrected chi connectivity index (χ4v) is 2.44. The minimum atomic E-state index is 0.541. The van der Waals surface area contributed by atoms with Crippen LogP contribution >= 0.6 is 23.2 Å². The first-order valence-electron chi connectivity index (χ1n) is 5.49. The first kappa shape index (κ1) is 12.9. The number of benzene rings is 1. The summed E-state index contributed by atoms with van der Waals surface area (Å²) in [6.07, 6.45) is 0.727. The van der Waals surface area contributed by atoms with Gasteiger partial charge in [0.2, 0.25) is 0 Å². The Hall–Kier alpha value is -1.50. The summed E-state index contributed by atoms with van der Waals surface area (Å²) in [5.41, 5.74) is 3.02. The van der Waals surface area contributed by atoms with Gasteiger partial charge in [-0.15, -0.1) is 0 Å². The van der Waals surface area contributed by atoms with Crippen molar-refractivity contribution in [3.05, 3.63) is 39.5 Å². The molecule has 0 bridgehead atoms. The maximum Gasteiger partial charge on any atom is 0.141 e. The highest BCUT2D eigenvalue weighted by atomic mass is 35.5. The van der Waals surface area contributed by atoms with Crippen LogP contribution in [-0.4, -0.2) is 9.78 Å². The summed E-state index contributed by atoms with van der Waals surface area (Å²) in [6.45, 7) is 1.99. The zero-order chi connectivity index (χ0) is 13.3. The van der Waals surface area contributed by atoms with Crippen LogP contribution in [0.4, 0.5) is 0 Å². The second kappa shape index (κ2) is 5.01. The van der Waals surface area contributed by atoms with E-state index in [1.807, 2.05) is 13.0 Å². The molecule has 0 fully saturated rings. The lowest BCUT2D eigenvalue weighted by molar-refractivity contribution is 0.757. The van der Waals surface area contributed by atoms with E-state index >= 15 is 0 Å². The van der Waals surface area contributed by atoms with Gasteiger partial charge >= 0.3 is 0 Å². The van der Waals surface area contributed by atoms with Gasteiger partial charge in [0.15, 0.2) is 0 Å². The molecular formula is C13H11Cl2N3. The van der Waals surface area contributed by atoms with E-state index in [0.29, 0.717) is 15.7 Å². The third kappa shape index (κ3) is 2.10. The maximum atomic E-state index is 9.14. The molecule has 18 heavy (non-hydrogen) atoms. The number of aromatic nitrogens is 2. The summed E-state index contributed by atoms with van der Waals surface area (Å²) in [4.78, 5) is 0. The van der Waals surface area contributed by atoms with E-state index in [4.69, 9.17) is 28.5 Å². The first-order valence-corrected chi connectivity index (χ1v) is 6.25. The summed E-state index contributed by atoms with van der Waals surface area (Å²) >= 11 is 12.1. The molecule has 1 heterocycles. The average molecular weight is 280 g/mol. The number of hydrogen-bond acceptors (Lipinski definition) is 2. The van der Waals surface area contributed by atoms with Crippen LogP contribution in [0, 0.1) is 11.3 Å². The molecule has 0 amide bonds. The molecule has 0 N–H and O–H groups in total. The van der Waals surface area contributed by atoms with E-state index in [-0.39, 0.29) is 0 Å². The third-order valence-electron chi connectivity index (χ3n) is 2.79. The van der Waals surface area contributed by atoms with Crippen molar-refractivity contribution < 1.29 is 0 Å². The molecule has 2 rings (SSSR count). The van der Waals surface area contributed by atoms with Gasteiger partial charge in [0, 0.05) is 23.2 Å². The van der Waals surface area contributed by atoms with Crippen molar-refractivity contribution in [3.8, 4) is 17.3 Å². The summed E-state index contributed by atoms with van der Waals surface area (Å²) in [5, 5.41) is 14.6. The lowest BCUT2D eigenvalue weighted by atomic mass is 10.0. The van der Waals surface area contributed by atoms with Crippen molar-refractivity contribution in [2.75, 3.05) is 0 Å². The summed E-state index contributed by atoms with van der Waals surface area (Å²) in [6, 6.07) is 7.44. The molecule has 1 aromatic carbocycles. The molecule has 3 nitrogen and oxygen atoms in total. The van der Waals surface area contributed by atoms with Crippen molar-refractivity contribution in [1.29, 1.82) is 5.26 Å². The normalized spacial score (nSPS) is 10.4. The Labute approximate surface area is 116 Å². The Morgan fingerprint density at radius 3 is 2.67 bits per heavy atom. The highest BCUT2D eigenvalue weighted by Crippen LogP contribution is 2.32. The van der Waals surface area contributed by atoms with Crippen molar-refractivity contribution in [2.24, 2.45) is 7.05 Å². The number of rotatable bonds is 2. The molecular weight excluding hydrogens is 269 g/mol. The van der Waals surface area contributed by atoms with E-state index in [1.54, 1.807) is 23.9 Å². The monoisotopic (exact) mass is 279 g/mol. The highest BCUT2D eigenvalue weighted by molar-refractivity contribution is 6.36. The molecule has 0 aliphatic rings. The van der Waals surface area contributed by atoms with Crippen LogP contribution in [0.15, 0.2) is 18.2 Å². The highest BCUT2D eigenvalue weighted by Gasteiger charge is 2.17. The summed E-state index contributed by atoms with van der Waals surface area (Å²) < 4.78 is 1.58. The lowest BCUT2D eigenvalue weighted by Gasteiger charge is -2.03. The molecule has 0 unspecified atom stereocenters. The SMILES string of the molecule is CCc1c(-c2ccc(Cl)cc2Cl)nn(C)c1C#N. The van der Waals surface area contributed by atoms with Crippen molar-refractivity contribution in [3.63, 3.8) is 0 Å². The Bertz CT molecular complexity index is 638. The predicted molar refractivity (Wildman–Crippen MR) is 72.8 cm³/mol. The number of aryl methyl sites for hydroxylation is 1. The van der Waals surface area contributed by atoms with Gasteiger partial charge in [0.1, 0.15) is 11.8 Å². The van der Waals surface area contributed by atoms with Crippen LogP contribution in [0.2, 0.25) is 10.0 Å². The van der Waals surface area contributed by atoms with Crippen LogP contribution in [0.5, 0.6) is 0 Å². The third-order valence-corrected chi connectivity index (χ3v) is 3.34. The number of hydrogen-bond donors (Lipinski definition) is 0. The molecule has 0 atom stereocenters. The van der Waals surface area contributed by atoms with Gasteiger partial charge in [0.05, 0.1) is 10.7 Å². The van der Waals surface area contributed by atoms with Crippen LogP contribution in [0.3, 0.4) is 0 Å². The molecule has 0 aliphatic heterocycles. The van der Waals surface area contributed by atoms with E-state index in [1.165, 1.54) is 0 Å². The van der Waals surface area contributed by atoms with Gasteiger partial charge in [-0.25, -0.2) is 0 Å². The van der Waals surface area contributed by atoms with Gasteiger partial charge in [0.25, 0.3) is 0 Å². The van der Waals surface area contributed by atoms with Crippen molar-refractivity contribution >= 4 is 23.2 Å². The number of nitriles is 1. The number of halogens is 2. The summed E-state index contributed by atoms with van der Waals surface area (Å²) in [7, 11) is 1.75. The molecule has 0 aliphatic carbocycles. The topological polar surface area (TPSA) is 41.6 Å². The smallest absolute Gasteiger partial charge is 0.141 e. The Morgan fingerprint density at radius 2 is 2.11 bits per heavy atom. The van der Waals surface area contributed by atoms with Crippen LogP contribution in [0.25, 0.3) is 11.3 Å². The van der Waals surface area contributed by atoms with Crippen molar-refractivity contribution in [2.45, 2.75) is 13.3 Å². The zero-order valence-electron chi connectivity index (χ0n) is 10.0. The molecule has 2 aromatic rings. The molecule has 0 saturated carbocycles. The van der Waals surface area contributed by atoms with Gasteiger partial charge in [-0.1, -0.05) is 30.1 Å². The van der Waals surface area contributed by atoms with Crippen LogP contribution in [-0.2, 0) is 13.5 Å². The van der Waals surface area contributed by atoms with E-state index < -0.39 is 0 Å².